The lowest BCUT2D eigenvalue weighted by molar-refractivity contribution is 0.462. The van der Waals surface area contributed by atoms with Crippen molar-refractivity contribution in [1.82, 2.24) is 10.2 Å². The fraction of sp³-hybridized carbons (Fsp3) is 0. The van der Waals surface area contributed by atoms with Crippen LogP contribution in [-0.4, -0.2) is 10.2 Å². The highest BCUT2D eigenvalue weighted by Crippen LogP contribution is 2.33. The molecule has 0 saturated heterocycles. The molecule has 0 aliphatic rings. The predicted molar refractivity (Wildman–Crippen MR) is 99.2 cm³/mol. The van der Waals surface area contributed by atoms with Gasteiger partial charge in [0.25, 0.3) is 0 Å². The molecule has 0 aliphatic carbocycles. The third-order valence-electron chi connectivity index (χ3n) is 3.73. The summed E-state index contributed by atoms with van der Waals surface area (Å²) < 4.78 is 6.95. The molecule has 0 fully saturated rings. The van der Waals surface area contributed by atoms with E-state index in [2.05, 4.69) is 26.1 Å². The first-order chi connectivity index (χ1) is 11.8. The maximum absolute atomic E-state index is 5.94. The fourth-order valence-corrected chi connectivity index (χ4v) is 2.84. The maximum atomic E-state index is 5.94. The number of fused-ring (bicyclic) bond motifs is 1. The molecule has 0 aliphatic heterocycles. The second-order valence-electron chi connectivity index (χ2n) is 5.32. The summed E-state index contributed by atoms with van der Waals surface area (Å²) in [7, 11) is 0. The minimum atomic E-state index is 0.507. The second-order valence-corrected chi connectivity index (χ2v) is 6.24. The van der Waals surface area contributed by atoms with Crippen LogP contribution in [0.15, 0.2) is 83.3 Å². The third kappa shape index (κ3) is 2.88. The molecule has 0 bridgehead atoms. The first kappa shape index (κ1) is 14.8. The molecule has 0 amide bonds. The van der Waals surface area contributed by atoms with Crippen LogP contribution in [0, 0.1) is 0 Å². The summed E-state index contributed by atoms with van der Waals surface area (Å²) in [6, 6.07) is 25.7. The number of benzene rings is 3. The van der Waals surface area contributed by atoms with Crippen LogP contribution in [0.4, 0.5) is 0 Å². The Labute approximate surface area is 148 Å². The van der Waals surface area contributed by atoms with Crippen molar-refractivity contribution in [2.24, 2.45) is 0 Å². The summed E-state index contributed by atoms with van der Waals surface area (Å²) >= 11 is 3.42. The van der Waals surface area contributed by atoms with Gasteiger partial charge in [-0.2, -0.15) is 0 Å². The number of hydrogen-bond acceptors (Lipinski definition) is 3. The largest absolute Gasteiger partial charge is 0.437 e. The van der Waals surface area contributed by atoms with Crippen LogP contribution in [-0.2, 0) is 0 Å². The minimum absolute atomic E-state index is 0.507. The molecule has 4 heteroatoms. The van der Waals surface area contributed by atoms with Crippen LogP contribution in [0.5, 0.6) is 11.6 Å². The van der Waals surface area contributed by atoms with Gasteiger partial charge in [0, 0.05) is 20.8 Å². The lowest BCUT2D eigenvalue weighted by Gasteiger charge is -2.10. The predicted octanol–water partition coefficient (Wildman–Crippen LogP) is 5.85. The van der Waals surface area contributed by atoms with Gasteiger partial charge in [0.2, 0.25) is 5.88 Å². The molecule has 4 aromatic rings. The molecule has 0 N–H and O–H groups in total. The van der Waals surface area contributed by atoms with E-state index in [0.717, 1.165) is 32.3 Å². The van der Waals surface area contributed by atoms with Gasteiger partial charge in [-0.05, 0) is 30.3 Å². The first-order valence-electron chi connectivity index (χ1n) is 7.55. The highest BCUT2D eigenvalue weighted by molar-refractivity contribution is 9.10. The quantitative estimate of drug-likeness (QED) is 0.449. The Hall–Kier alpha value is -2.72. The highest BCUT2D eigenvalue weighted by atomic mass is 79.9. The average Bonchev–Trinajstić information content (AvgIpc) is 2.64. The molecule has 0 unspecified atom stereocenters. The van der Waals surface area contributed by atoms with E-state index in [-0.39, 0.29) is 0 Å². The Kier molecular flexibility index (Phi) is 3.97. The standard InChI is InChI=1S/C20H13BrN2O/c21-15-10-12-16(13-11-15)24-20-18-9-5-4-8-17(18)19(22-23-20)14-6-2-1-3-7-14/h1-13H. The molecular formula is C20H13BrN2O. The van der Waals surface area contributed by atoms with Gasteiger partial charge in [-0.15, -0.1) is 10.2 Å². The van der Waals surface area contributed by atoms with Gasteiger partial charge in [0.1, 0.15) is 11.4 Å². The first-order valence-corrected chi connectivity index (χ1v) is 8.35. The zero-order valence-corrected chi connectivity index (χ0v) is 14.3. The van der Waals surface area contributed by atoms with E-state index in [4.69, 9.17) is 4.74 Å². The highest BCUT2D eigenvalue weighted by Gasteiger charge is 2.12. The molecule has 3 aromatic carbocycles. The van der Waals surface area contributed by atoms with E-state index < -0.39 is 0 Å². The van der Waals surface area contributed by atoms with Crippen LogP contribution in [0.3, 0.4) is 0 Å². The fourth-order valence-electron chi connectivity index (χ4n) is 2.58. The van der Waals surface area contributed by atoms with Crippen molar-refractivity contribution in [1.29, 1.82) is 0 Å². The summed E-state index contributed by atoms with van der Waals surface area (Å²) in [4.78, 5) is 0. The van der Waals surface area contributed by atoms with Crippen LogP contribution in [0.2, 0.25) is 0 Å². The molecule has 0 radical (unpaired) electrons. The Bertz CT molecular complexity index is 985. The summed E-state index contributed by atoms with van der Waals surface area (Å²) in [6.07, 6.45) is 0. The lowest BCUT2D eigenvalue weighted by atomic mass is 10.1. The van der Waals surface area contributed by atoms with Crippen molar-refractivity contribution < 1.29 is 4.74 Å². The normalized spacial score (nSPS) is 10.7. The molecule has 1 aromatic heterocycles. The number of aromatic nitrogens is 2. The smallest absolute Gasteiger partial charge is 0.246 e. The Morgan fingerprint density at radius 2 is 1.33 bits per heavy atom. The molecule has 4 rings (SSSR count). The van der Waals surface area contributed by atoms with Crippen molar-refractivity contribution in [2.75, 3.05) is 0 Å². The molecular weight excluding hydrogens is 364 g/mol. The Balaban J connectivity index is 1.82. The number of hydrogen-bond donors (Lipinski definition) is 0. The Morgan fingerprint density at radius 1 is 0.667 bits per heavy atom. The number of ether oxygens (including phenoxy) is 1. The van der Waals surface area contributed by atoms with Gasteiger partial charge in [0.05, 0.1) is 0 Å². The zero-order chi connectivity index (χ0) is 16.4. The maximum Gasteiger partial charge on any atom is 0.246 e. The topological polar surface area (TPSA) is 35.0 Å². The molecule has 116 valence electrons. The second kappa shape index (κ2) is 6.42. The lowest BCUT2D eigenvalue weighted by Crippen LogP contribution is -1.95. The third-order valence-corrected chi connectivity index (χ3v) is 4.26. The summed E-state index contributed by atoms with van der Waals surface area (Å²) in [5.41, 5.74) is 1.89. The van der Waals surface area contributed by atoms with Gasteiger partial charge < -0.3 is 4.74 Å². The van der Waals surface area contributed by atoms with E-state index in [9.17, 15) is 0 Å². The van der Waals surface area contributed by atoms with Gasteiger partial charge in [-0.1, -0.05) is 64.5 Å². The molecule has 1 heterocycles. The van der Waals surface area contributed by atoms with Crippen LogP contribution < -0.4 is 4.74 Å². The van der Waals surface area contributed by atoms with Gasteiger partial charge >= 0.3 is 0 Å². The number of rotatable bonds is 3. The van der Waals surface area contributed by atoms with E-state index in [0.29, 0.717) is 5.88 Å². The van der Waals surface area contributed by atoms with Crippen molar-refractivity contribution in [2.45, 2.75) is 0 Å². The average molecular weight is 377 g/mol. The van der Waals surface area contributed by atoms with Crippen molar-refractivity contribution in [3.63, 3.8) is 0 Å². The molecule has 3 nitrogen and oxygen atoms in total. The summed E-state index contributed by atoms with van der Waals surface area (Å²) in [5, 5.41) is 10.7. The number of halogens is 1. The minimum Gasteiger partial charge on any atom is -0.437 e. The molecule has 0 saturated carbocycles. The number of nitrogens with zero attached hydrogens (tertiary/aromatic N) is 2. The van der Waals surface area contributed by atoms with E-state index in [1.807, 2.05) is 78.9 Å². The van der Waals surface area contributed by atoms with Crippen molar-refractivity contribution in [3.8, 4) is 22.9 Å². The van der Waals surface area contributed by atoms with Gasteiger partial charge in [0.15, 0.2) is 0 Å². The van der Waals surface area contributed by atoms with Crippen LogP contribution >= 0.6 is 15.9 Å². The van der Waals surface area contributed by atoms with Crippen molar-refractivity contribution in [3.05, 3.63) is 83.3 Å². The zero-order valence-electron chi connectivity index (χ0n) is 12.7. The van der Waals surface area contributed by atoms with Crippen LogP contribution in [0.1, 0.15) is 0 Å². The monoisotopic (exact) mass is 376 g/mol. The van der Waals surface area contributed by atoms with Crippen LogP contribution in [0.25, 0.3) is 22.0 Å². The summed E-state index contributed by atoms with van der Waals surface area (Å²) in [5.74, 6) is 1.23. The van der Waals surface area contributed by atoms with Crippen molar-refractivity contribution >= 4 is 26.7 Å². The summed E-state index contributed by atoms with van der Waals surface area (Å²) in [6.45, 7) is 0. The van der Waals surface area contributed by atoms with Gasteiger partial charge in [-0.25, -0.2) is 0 Å². The molecule has 24 heavy (non-hydrogen) atoms. The SMILES string of the molecule is Brc1ccc(Oc2nnc(-c3ccccc3)c3ccccc23)cc1. The Morgan fingerprint density at radius 3 is 2.08 bits per heavy atom. The molecule has 0 spiro atoms. The van der Waals surface area contributed by atoms with Gasteiger partial charge in [-0.3, -0.25) is 0 Å². The van der Waals surface area contributed by atoms with E-state index >= 15 is 0 Å². The van der Waals surface area contributed by atoms with E-state index in [1.54, 1.807) is 0 Å². The molecule has 0 atom stereocenters. The van der Waals surface area contributed by atoms with E-state index in [1.165, 1.54) is 0 Å².